The summed E-state index contributed by atoms with van der Waals surface area (Å²) < 4.78 is 21.8. The fourth-order valence-electron chi connectivity index (χ4n) is 2.71. The van der Waals surface area contributed by atoms with E-state index in [2.05, 4.69) is 0 Å². The Balaban J connectivity index is 2.25. The molecule has 22 heavy (non-hydrogen) atoms. The van der Waals surface area contributed by atoms with E-state index in [0.717, 1.165) is 5.39 Å². The lowest BCUT2D eigenvalue weighted by Gasteiger charge is -2.06. The number of rotatable bonds is 2. The van der Waals surface area contributed by atoms with Gasteiger partial charge in [-0.15, -0.1) is 0 Å². The predicted molar refractivity (Wildman–Crippen MR) is 82.9 cm³/mol. The number of fused-ring (bicyclic) bond motifs is 5. The molecule has 0 saturated heterocycles. The average molecular weight is 296 g/mol. The normalized spacial score (nSPS) is 11.4. The number of furan rings is 1. The zero-order valence-electron chi connectivity index (χ0n) is 12.0. The predicted octanol–water partition coefficient (Wildman–Crippen LogP) is 3.71. The first kappa shape index (κ1) is 12.8. The van der Waals surface area contributed by atoms with E-state index in [-0.39, 0.29) is 0 Å². The minimum Gasteiger partial charge on any atom is -0.493 e. The summed E-state index contributed by atoms with van der Waals surface area (Å²) in [5.41, 5.74) is 1.13. The van der Waals surface area contributed by atoms with Gasteiger partial charge in [0.2, 0.25) is 0 Å². The Morgan fingerprint density at radius 1 is 0.864 bits per heavy atom. The molecule has 4 rings (SSSR count). The highest BCUT2D eigenvalue weighted by Gasteiger charge is 2.18. The highest BCUT2D eigenvalue weighted by molar-refractivity contribution is 6.13. The van der Waals surface area contributed by atoms with Crippen molar-refractivity contribution in [1.29, 1.82) is 0 Å². The molecule has 5 heteroatoms. The van der Waals surface area contributed by atoms with Crippen molar-refractivity contribution in [1.82, 2.24) is 0 Å². The second-order valence-electron chi connectivity index (χ2n) is 4.90. The van der Waals surface area contributed by atoms with Gasteiger partial charge in [-0.3, -0.25) is 0 Å². The molecule has 0 N–H and O–H groups in total. The molecular formula is C17H12O5. The Hall–Kier alpha value is -2.95. The molecule has 0 spiro atoms. The van der Waals surface area contributed by atoms with Crippen molar-refractivity contribution in [2.75, 3.05) is 14.2 Å². The fraction of sp³-hybridized carbons (Fsp3) is 0.118. The van der Waals surface area contributed by atoms with Gasteiger partial charge in [0.1, 0.15) is 16.6 Å². The maximum Gasteiger partial charge on any atom is 0.348 e. The molecule has 0 aliphatic carbocycles. The quantitative estimate of drug-likeness (QED) is 0.528. The Morgan fingerprint density at radius 2 is 1.59 bits per heavy atom. The van der Waals surface area contributed by atoms with E-state index < -0.39 is 5.63 Å². The molecule has 0 unspecified atom stereocenters. The summed E-state index contributed by atoms with van der Waals surface area (Å²) in [5.74, 6) is 1.08. The van der Waals surface area contributed by atoms with E-state index in [9.17, 15) is 4.79 Å². The summed E-state index contributed by atoms with van der Waals surface area (Å²) in [6.45, 7) is 0. The van der Waals surface area contributed by atoms with Crippen LogP contribution in [0.1, 0.15) is 0 Å². The minimum absolute atomic E-state index is 0.412. The largest absolute Gasteiger partial charge is 0.493 e. The summed E-state index contributed by atoms with van der Waals surface area (Å²) in [5, 5.41) is 1.81. The molecule has 0 fully saturated rings. The van der Waals surface area contributed by atoms with Crippen LogP contribution in [0.3, 0.4) is 0 Å². The Morgan fingerprint density at radius 3 is 2.36 bits per heavy atom. The zero-order valence-corrected chi connectivity index (χ0v) is 12.0. The van der Waals surface area contributed by atoms with Crippen LogP contribution in [-0.2, 0) is 0 Å². The second kappa shape index (κ2) is 4.53. The van der Waals surface area contributed by atoms with Gasteiger partial charge in [-0.2, -0.15) is 0 Å². The molecule has 2 aromatic heterocycles. The van der Waals surface area contributed by atoms with Gasteiger partial charge in [-0.25, -0.2) is 4.79 Å². The van der Waals surface area contributed by atoms with E-state index in [0.29, 0.717) is 39.0 Å². The highest BCUT2D eigenvalue weighted by Crippen LogP contribution is 2.38. The third kappa shape index (κ3) is 1.62. The van der Waals surface area contributed by atoms with Crippen LogP contribution in [0, 0.1) is 0 Å². The number of benzene rings is 2. The third-order valence-electron chi connectivity index (χ3n) is 3.73. The molecule has 0 aliphatic rings. The Bertz CT molecular complexity index is 1070. The van der Waals surface area contributed by atoms with E-state index >= 15 is 0 Å². The molecule has 0 radical (unpaired) electrons. The van der Waals surface area contributed by atoms with Crippen molar-refractivity contribution in [2.45, 2.75) is 0 Å². The summed E-state index contributed by atoms with van der Waals surface area (Å²) in [7, 11) is 3.10. The third-order valence-corrected chi connectivity index (χ3v) is 3.73. The van der Waals surface area contributed by atoms with Gasteiger partial charge in [0.25, 0.3) is 0 Å². The van der Waals surface area contributed by atoms with E-state index in [1.165, 1.54) is 0 Å². The van der Waals surface area contributed by atoms with Gasteiger partial charge in [0, 0.05) is 11.5 Å². The number of ether oxygens (including phenoxy) is 2. The van der Waals surface area contributed by atoms with Crippen LogP contribution in [0.5, 0.6) is 11.5 Å². The molecule has 5 nitrogen and oxygen atoms in total. The summed E-state index contributed by atoms with van der Waals surface area (Å²) in [6, 6.07) is 10.7. The topological polar surface area (TPSA) is 61.8 Å². The summed E-state index contributed by atoms with van der Waals surface area (Å²) >= 11 is 0. The van der Waals surface area contributed by atoms with Crippen LogP contribution in [0.25, 0.3) is 32.9 Å². The van der Waals surface area contributed by atoms with Gasteiger partial charge in [-0.05, 0) is 18.2 Å². The van der Waals surface area contributed by atoms with Gasteiger partial charge < -0.3 is 18.3 Å². The standard InChI is InChI=1S/C17H12O5/c1-19-13-7-10-12(8-14(13)20-2)21-16-9-5-3-4-6-11(9)22-17(18)15(10)16/h3-8H,1-2H3. The first-order valence-corrected chi connectivity index (χ1v) is 6.73. The van der Waals surface area contributed by atoms with Crippen molar-refractivity contribution in [3.8, 4) is 11.5 Å². The van der Waals surface area contributed by atoms with Crippen molar-refractivity contribution >= 4 is 32.9 Å². The van der Waals surface area contributed by atoms with Gasteiger partial charge in [-0.1, -0.05) is 12.1 Å². The minimum atomic E-state index is -0.431. The monoisotopic (exact) mass is 296 g/mol. The number of para-hydroxylation sites is 1. The lowest BCUT2D eigenvalue weighted by atomic mass is 10.1. The fourth-order valence-corrected chi connectivity index (χ4v) is 2.71. The molecule has 110 valence electrons. The first-order chi connectivity index (χ1) is 10.7. The van der Waals surface area contributed by atoms with Crippen molar-refractivity contribution < 1.29 is 18.3 Å². The Labute approximate surface area is 124 Å². The van der Waals surface area contributed by atoms with E-state index in [4.69, 9.17) is 18.3 Å². The lowest BCUT2D eigenvalue weighted by molar-refractivity contribution is 0.355. The van der Waals surface area contributed by atoms with Gasteiger partial charge >= 0.3 is 5.63 Å². The average Bonchev–Trinajstić information content (AvgIpc) is 2.92. The Kier molecular flexibility index (Phi) is 2.63. The van der Waals surface area contributed by atoms with Crippen LogP contribution < -0.4 is 15.1 Å². The molecule has 0 amide bonds. The summed E-state index contributed by atoms with van der Waals surface area (Å²) in [6.07, 6.45) is 0. The second-order valence-corrected chi connectivity index (χ2v) is 4.90. The van der Waals surface area contributed by atoms with Crippen molar-refractivity contribution in [3.05, 3.63) is 46.8 Å². The molecule has 0 aliphatic heterocycles. The highest BCUT2D eigenvalue weighted by atomic mass is 16.5. The first-order valence-electron chi connectivity index (χ1n) is 6.73. The lowest BCUT2D eigenvalue weighted by Crippen LogP contribution is -1.98. The molecular weight excluding hydrogens is 284 g/mol. The molecule has 2 aromatic carbocycles. The van der Waals surface area contributed by atoms with Crippen LogP contribution in [0.15, 0.2) is 50.0 Å². The van der Waals surface area contributed by atoms with Crippen molar-refractivity contribution in [3.63, 3.8) is 0 Å². The molecule has 0 bridgehead atoms. The number of hydrogen-bond donors (Lipinski definition) is 0. The van der Waals surface area contributed by atoms with E-state index in [1.54, 1.807) is 32.4 Å². The molecule has 4 aromatic rings. The van der Waals surface area contributed by atoms with Crippen LogP contribution in [0.4, 0.5) is 0 Å². The SMILES string of the molecule is COc1cc2oc3c4ccccc4oc(=O)c3c2cc1OC. The molecule has 2 heterocycles. The molecule has 0 saturated carbocycles. The number of methoxy groups -OCH3 is 2. The summed E-state index contributed by atoms with van der Waals surface area (Å²) in [4.78, 5) is 12.3. The van der Waals surface area contributed by atoms with E-state index in [1.807, 2.05) is 18.2 Å². The maximum absolute atomic E-state index is 12.3. The van der Waals surface area contributed by atoms with Crippen molar-refractivity contribution in [2.24, 2.45) is 0 Å². The number of hydrogen-bond acceptors (Lipinski definition) is 5. The van der Waals surface area contributed by atoms with Crippen LogP contribution in [0.2, 0.25) is 0 Å². The molecule has 0 atom stereocenters. The van der Waals surface area contributed by atoms with Gasteiger partial charge in [0.05, 0.1) is 19.6 Å². The smallest absolute Gasteiger partial charge is 0.348 e. The van der Waals surface area contributed by atoms with Gasteiger partial charge in [0.15, 0.2) is 17.1 Å². The van der Waals surface area contributed by atoms with Crippen LogP contribution in [-0.4, -0.2) is 14.2 Å². The zero-order chi connectivity index (χ0) is 15.3. The van der Waals surface area contributed by atoms with Crippen LogP contribution >= 0.6 is 0 Å². The maximum atomic E-state index is 12.3.